The number of carboxylic acid groups (broad SMARTS) is 1. The fourth-order valence-electron chi connectivity index (χ4n) is 2.65. The van der Waals surface area contributed by atoms with Crippen LogP contribution in [-0.4, -0.2) is 53.8 Å². The van der Waals surface area contributed by atoms with E-state index in [0.717, 1.165) is 6.42 Å². The Balaban J connectivity index is 1.82. The summed E-state index contributed by atoms with van der Waals surface area (Å²) in [6.07, 6.45) is -3.18. The van der Waals surface area contributed by atoms with Crippen molar-refractivity contribution < 1.29 is 32.6 Å². The normalized spacial score (nSPS) is 18.1. The lowest BCUT2D eigenvalue weighted by molar-refractivity contribution is -0.153. The first-order chi connectivity index (χ1) is 11.7. The monoisotopic (exact) mass is 360 g/mol. The number of alkyl halides is 3. The number of amides is 1. The standard InChI is InChI=1S/C16H19F3N2O4/c17-16(18,19)10-25-12-4-1-3-11(7-12)8-20-14(22)9-21-6-2-5-13(21)15(23)24/h1,3-4,7,13H,2,5-6,8-10H2,(H,20,22)(H,23,24)/t13-/m0/s1. The second-order valence-electron chi connectivity index (χ2n) is 5.79. The molecule has 0 unspecified atom stereocenters. The van der Waals surface area contributed by atoms with Gasteiger partial charge in [0.25, 0.3) is 0 Å². The number of nitrogens with one attached hydrogen (secondary N) is 1. The molecule has 1 amide bonds. The molecule has 0 aromatic heterocycles. The number of nitrogens with zero attached hydrogens (tertiary/aromatic N) is 1. The van der Waals surface area contributed by atoms with E-state index in [-0.39, 0.29) is 24.7 Å². The van der Waals surface area contributed by atoms with Crippen molar-refractivity contribution in [3.05, 3.63) is 29.8 Å². The average Bonchev–Trinajstić information content (AvgIpc) is 2.99. The van der Waals surface area contributed by atoms with E-state index in [1.54, 1.807) is 11.0 Å². The number of carbonyl (C=O) groups excluding carboxylic acids is 1. The van der Waals surface area contributed by atoms with Crippen LogP contribution in [0.4, 0.5) is 13.2 Å². The lowest BCUT2D eigenvalue weighted by atomic mass is 10.2. The minimum atomic E-state index is -4.42. The summed E-state index contributed by atoms with van der Waals surface area (Å²) < 4.78 is 41.1. The maximum Gasteiger partial charge on any atom is 0.422 e. The number of hydrogen-bond acceptors (Lipinski definition) is 4. The van der Waals surface area contributed by atoms with Gasteiger partial charge in [0.1, 0.15) is 11.8 Å². The number of rotatable bonds is 7. The van der Waals surface area contributed by atoms with Crippen molar-refractivity contribution in [3.8, 4) is 5.75 Å². The molecule has 1 aromatic rings. The number of hydrogen-bond donors (Lipinski definition) is 2. The number of ether oxygens (including phenoxy) is 1. The Hall–Kier alpha value is -2.29. The Bertz CT molecular complexity index is 622. The van der Waals surface area contributed by atoms with Crippen LogP contribution in [-0.2, 0) is 16.1 Å². The topological polar surface area (TPSA) is 78.9 Å². The molecule has 1 heterocycles. The average molecular weight is 360 g/mol. The van der Waals surface area contributed by atoms with E-state index in [2.05, 4.69) is 10.1 Å². The van der Waals surface area contributed by atoms with Crippen molar-refractivity contribution in [2.24, 2.45) is 0 Å². The van der Waals surface area contributed by atoms with Gasteiger partial charge >= 0.3 is 12.1 Å². The second-order valence-corrected chi connectivity index (χ2v) is 5.79. The fraction of sp³-hybridized carbons (Fsp3) is 0.500. The molecule has 9 heteroatoms. The van der Waals surface area contributed by atoms with Crippen LogP contribution in [0, 0.1) is 0 Å². The smallest absolute Gasteiger partial charge is 0.422 e. The van der Waals surface area contributed by atoms with E-state index in [1.165, 1.54) is 18.2 Å². The van der Waals surface area contributed by atoms with Crippen LogP contribution in [0.1, 0.15) is 18.4 Å². The molecular formula is C16H19F3N2O4. The molecule has 0 spiro atoms. The quantitative estimate of drug-likeness (QED) is 0.775. The van der Waals surface area contributed by atoms with E-state index >= 15 is 0 Å². The molecule has 1 saturated heterocycles. The van der Waals surface area contributed by atoms with Gasteiger partial charge in [-0.25, -0.2) is 0 Å². The highest BCUT2D eigenvalue weighted by atomic mass is 19.4. The molecule has 1 aliphatic heterocycles. The summed E-state index contributed by atoms with van der Waals surface area (Å²) in [5.41, 5.74) is 0.587. The van der Waals surface area contributed by atoms with Crippen molar-refractivity contribution in [2.45, 2.75) is 31.6 Å². The molecule has 1 atom stereocenters. The molecule has 1 fully saturated rings. The molecule has 1 aliphatic rings. The van der Waals surface area contributed by atoms with Gasteiger partial charge in [-0.3, -0.25) is 14.5 Å². The number of carboxylic acids is 1. The number of carbonyl (C=O) groups is 2. The predicted octanol–water partition coefficient (Wildman–Crippen LogP) is 1.79. The molecule has 25 heavy (non-hydrogen) atoms. The molecule has 1 aromatic carbocycles. The molecule has 0 aliphatic carbocycles. The molecule has 2 rings (SSSR count). The zero-order valence-electron chi connectivity index (χ0n) is 13.4. The summed E-state index contributed by atoms with van der Waals surface area (Å²) in [5, 5.41) is 11.7. The minimum Gasteiger partial charge on any atom is -0.484 e. The maximum atomic E-state index is 12.1. The fourth-order valence-corrected chi connectivity index (χ4v) is 2.65. The number of likely N-dealkylation sites (tertiary alicyclic amines) is 1. The van der Waals surface area contributed by atoms with Crippen LogP contribution in [0.3, 0.4) is 0 Å². The second kappa shape index (κ2) is 8.19. The molecule has 6 nitrogen and oxygen atoms in total. The number of benzene rings is 1. The van der Waals surface area contributed by atoms with E-state index in [0.29, 0.717) is 18.5 Å². The third kappa shape index (κ3) is 6.26. The van der Waals surface area contributed by atoms with Crippen LogP contribution < -0.4 is 10.1 Å². The van der Waals surface area contributed by atoms with Gasteiger partial charge in [-0.2, -0.15) is 13.2 Å². The van der Waals surface area contributed by atoms with Gasteiger partial charge in [0.15, 0.2) is 6.61 Å². The Morgan fingerprint density at radius 3 is 2.80 bits per heavy atom. The van der Waals surface area contributed by atoms with Crippen molar-refractivity contribution in [1.29, 1.82) is 0 Å². The van der Waals surface area contributed by atoms with Gasteiger partial charge in [-0.1, -0.05) is 12.1 Å². The summed E-state index contributed by atoms with van der Waals surface area (Å²) in [5.74, 6) is -1.22. The summed E-state index contributed by atoms with van der Waals surface area (Å²) in [7, 11) is 0. The highest BCUT2D eigenvalue weighted by Crippen LogP contribution is 2.19. The first kappa shape index (κ1) is 19.0. The highest BCUT2D eigenvalue weighted by Gasteiger charge is 2.31. The van der Waals surface area contributed by atoms with Crippen molar-refractivity contribution in [1.82, 2.24) is 10.2 Å². The molecule has 138 valence electrons. The van der Waals surface area contributed by atoms with E-state index in [9.17, 15) is 22.8 Å². The van der Waals surface area contributed by atoms with Gasteiger partial charge in [-0.15, -0.1) is 0 Å². The first-order valence-corrected chi connectivity index (χ1v) is 7.76. The molecule has 0 radical (unpaired) electrons. The van der Waals surface area contributed by atoms with Crippen molar-refractivity contribution >= 4 is 11.9 Å². The lowest BCUT2D eigenvalue weighted by Gasteiger charge is -2.20. The summed E-state index contributed by atoms with van der Waals surface area (Å²) in [6, 6.07) is 5.36. The highest BCUT2D eigenvalue weighted by molar-refractivity contribution is 5.80. The summed E-state index contributed by atoms with van der Waals surface area (Å²) in [6.45, 7) is -0.742. The SMILES string of the molecule is O=C(CN1CCC[C@H]1C(=O)O)NCc1cccc(OCC(F)(F)F)c1. The van der Waals surface area contributed by atoms with Gasteiger partial charge in [0, 0.05) is 6.54 Å². The Labute approximate surface area is 142 Å². The number of aliphatic carboxylic acids is 1. The zero-order chi connectivity index (χ0) is 18.4. The van der Waals surface area contributed by atoms with Crippen molar-refractivity contribution in [2.75, 3.05) is 19.7 Å². The number of halogens is 3. The minimum absolute atomic E-state index is 0.0266. The van der Waals surface area contributed by atoms with Crippen LogP contribution in [0.15, 0.2) is 24.3 Å². The third-order valence-electron chi connectivity index (χ3n) is 3.79. The third-order valence-corrected chi connectivity index (χ3v) is 3.79. The van der Waals surface area contributed by atoms with Crippen LogP contribution in [0.25, 0.3) is 0 Å². The summed E-state index contributed by atoms with van der Waals surface area (Å²) >= 11 is 0. The molecular weight excluding hydrogens is 341 g/mol. The molecule has 2 N–H and O–H groups in total. The Kier molecular flexibility index (Phi) is 6.24. The largest absolute Gasteiger partial charge is 0.484 e. The van der Waals surface area contributed by atoms with Crippen LogP contribution in [0.5, 0.6) is 5.75 Å². The van der Waals surface area contributed by atoms with E-state index < -0.39 is 24.8 Å². The van der Waals surface area contributed by atoms with Crippen molar-refractivity contribution in [3.63, 3.8) is 0 Å². The van der Waals surface area contributed by atoms with Gasteiger partial charge < -0.3 is 15.2 Å². The lowest BCUT2D eigenvalue weighted by Crippen LogP contribution is -2.42. The summed E-state index contributed by atoms with van der Waals surface area (Å²) in [4.78, 5) is 24.6. The Morgan fingerprint density at radius 2 is 2.12 bits per heavy atom. The zero-order valence-corrected chi connectivity index (χ0v) is 13.4. The molecule has 0 saturated carbocycles. The van der Waals surface area contributed by atoms with Crippen LogP contribution >= 0.6 is 0 Å². The molecule has 0 bridgehead atoms. The van der Waals surface area contributed by atoms with Gasteiger partial charge in [0.05, 0.1) is 6.54 Å². The van der Waals surface area contributed by atoms with E-state index in [1.807, 2.05) is 0 Å². The first-order valence-electron chi connectivity index (χ1n) is 7.76. The van der Waals surface area contributed by atoms with Gasteiger partial charge in [0.2, 0.25) is 5.91 Å². The van der Waals surface area contributed by atoms with Crippen LogP contribution in [0.2, 0.25) is 0 Å². The van der Waals surface area contributed by atoms with Gasteiger partial charge in [-0.05, 0) is 37.1 Å². The van der Waals surface area contributed by atoms with E-state index in [4.69, 9.17) is 5.11 Å². The Morgan fingerprint density at radius 1 is 1.36 bits per heavy atom. The maximum absolute atomic E-state index is 12.1. The predicted molar refractivity (Wildman–Crippen MR) is 82.1 cm³/mol.